The first-order valence-corrected chi connectivity index (χ1v) is 7.64. The van der Waals surface area contributed by atoms with E-state index in [1.54, 1.807) is 30.3 Å². The summed E-state index contributed by atoms with van der Waals surface area (Å²) in [6.45, 7) is 0. The molecule has 1 aromatic heterocycles. The van der Waals surface area contributed by atoms with Crippen LogP contribution in [-0.4, -0.2) is 10.9 Å². The second kappa shape index (κ2) is 7.27. The van der Waals surface area contributed by atoms with Gasteiger partial charge in [0.15, 0.2) is 11.6 Å². The van der Waals surface area contributed by atoms with Crippen LogP contribution in [0.1, 0.15) is 10.5 Å². The van der Waals surface area contributed by atoms with Crippen LogP contribution in [0.2, 0.25) is 5.02 Å². The van der Waals surface area contributed by atoms with Crippen LogP contribution < -0.4 is 10.6 Å². The summed E-state index contributed by atoms with van der Waals surface area (Å²) in [5.74, 6) is -2.29. The quantitative estimate of drug-likeness (QED) is 0.688. The molecule has 0 fully saturated rings. The van der Waals surface area contributed by atoms with E-state index in [2.05, 4.69) is 15.6 Å². The van der Waals surface area contributed by atoms with E-state index in [4.69, 9.17) is 11.6 Å². The molecule has 3 rings (SSSR count). The van der Waals surface area contributed by atoms with Crippen LogP contribution in [0, 0.1) is 11.6 Å². The molecule has 0 saturated heterocycles. The Morgan fingerprint density at radius 1 is 0.880 bits per heavy atom. The fraction of sp³-hybridized carbons (Fsp3) is 0. The summed E-state index contributed by atoms with van der Waals surface area (Å²) in [4.78, 5) is 16.3. The summed E-state index contributed by atoms with van der Waals surface area (Å²) in [7, 11) is 0. The van der Waals surface area contributed by atoms with E-state index in [1.165, 1.54) is 18.3 Å². The molecular weight excluding hydrogens is 348 g/mol. The molecular formula is C18H12ClF2N3O. The number of pyridine rings is 1. The van der Waals surface area contributed by atoms with Gasteiger partial charge in [0.2, 0.25) is 0 Å². The zero-order chi connectivity index (χ0) is 17.8. The van der Waals surface area contributed by atoms with Gasteiger partial charge in [-0.2, -0.15) is 0 Å². The number of carbonyl (C=O) groups is 1. The first-order chi connectivity index (χ1) is 12.0. The lowest BCUT2D eigenvalue weighted by atomic mass is 10.2. The van der Waals surface area contributed by atoms with Crippen molar-refractivity contribution in [1.29, 1.82) is 0 Å². The predicted octanol–water partition coefficient (Wildman–Crippen LogP) is 5.01. The molecule has 7 heteroatoms. The van der Waals surface area contributed by atoms with Crippen molar-refractivity contribution in [2.24, 2.45) is 0 Å². The second-order valence-electron chi connectivity index (χ2n) is 5.14. The van der Waals surface area contributed by atoms with Crippen molar-refractivity contribution >= 4 is 34.6 Å². The van der Waals surface area contributed by atoms with Crippen molar-refractivity contribution in [3.05, 3.63) is 83.1 Å². The largest absolute Gasteiger partial charge is 0.355 e. The van der Waals surface area contributed by atoms with Crippen LogP contribution in [-0.2, 0) is 0 Å². The maximum absolute atomic E-state index is 13.3. The molecule has 0 spiro atoms. The minimum Gasteiger partial charge on any atom is -0.355 e. The van der Waals surface area contributed by atoms with E-state index in [0.29, 0.717) is 22.1 Å². The fourth-order valence-corrected chi connectivity index (χ4v) is 2.23. The highest BCUT2D eigenvalue weighted by Gasteiger charge is 2.09. The minimum absolute atomic E-state index is 0.169. The Labute approximate surface area is 147 Å². The monoisotopic (exact) mass is 359 g/mol. The highest BCUT2D eigenvalue weighted by molar-refractivity contribution is 6.30. The molecule has 0 radical (unpaired) electrons. The van der Waals surface area contributed by atoms with Gasteiger partial charge in [-0.15, -0.1) is 0 Å². The number of amides is 1. The predicted molar refractivity (Wildman–Crippen MR) is 93.3 cm³/mol. The zero-order valence-corrected chi connectivity index (χ0v) is 13.5. The van der Waals surface area contributed by atoms with Crippen LogP contribution >= 0.6 is 11.6 Å². The molecule has 0 aliphatic carbocycles. The van der Waals surface area contributed by atoms with Crippen molar-refractivity contribution in [2.45, 2.75) is 0 Å². The normalized spacial score (nSPS) is 10.4. The Hall–Kier alpha value is -2.99. The van der Waals surface area contributed by atoms with Gasteiger partial charge in [0.1, 0.15) is 5.69 Å². The highest BCUT2D eigenvalue weighted by atomic mass is 35.5. The molecule has 2 N–H and O–H groups in total. The molecule has 1 heterocycles. The Bertz CT molecular complexity index is 916. The lowest BCUT2D eigenvalue weighted by Gasteiger charge is -2.09. The van der Waals surface area contributed by atoms with Gasteiger partial charge in [-0.25, -0.2) is 8.78 Å². The third kappa shape index (κ3) is 4.30. The molecule has 3 aromatic rings. The Kier molecular flexibility index (Phi) is 4.90. The van der Waals surface area contributed by atoms with Gasteiger partial charge in [-0.05, 0) is 48.5 Å². The summed E-state index contributed by atoms with van der Waals surface area (Å²) in [5, 5.41) is 6.15. The number of rotatable bonds is 4. The van der Waals surface area contributed by atoms with E-state index in [0.717, 1.165) is 12.1 Å². The summed E-state index contributed by atoms with van der Waals surface area (Å²) < 4.78 is 26.2. The Morgan fingerprint density at radius 2 is 1.56 bits per heavy atom. The van der Waals surface area contributed by atoms with E-state index < -0.39 is 17.5 Å². The number of aromatic nitrogens is 1. The van der Waals surface area contributed by atoms with Crippen LogP contribution in [0.5, 0.6) is 0 Å². The average Bonchev–Trinajstić information content (AvgIpc) is 2.60. The van der Waals surface area contributed by atoms with Gasteiger partial charge < -0.3 is 10.6 Å². The molecule has 0 bridgehead atoms. The van der Waals surface area contributed by atoms with Gasteiger partial charge in [0.05, 0.1) is 0 Å². The van der Waals surface area contributed by atoms with Crippen molar-refractivity contribution < 1.29 is 13.6 Å². The minimum atomic E-state index is -0.959. The van der Waals surface area contributed by atoms with Crippen LogP contribution in [0.15, 0.2) is 60.8 Å². The standard InChI is InChI=1S/C18H12ClF2N3O/c19-11-1-3-12(4-2-11)24-18(25)17-10-14(7-8-22-17)23-13-5-6-15(20)16(21)9-13/h1-10H,(H,22,23)(H,24,25). The smallest absolute Gasteiger partial charge is 0.274 e. The van der Waals surface area contributed by atoms with E-state index >= 15 is 0 Å². The molecule has 0 aliphatic rings. The number of halogens is 3. The van der Waals surface area contributed by atoms with Gasteiger partial charge in [-0.1, -0.05) is 11.6 Å². The average molecular weight is 360 g/mol. The summed E-state index contributed by atoms with van der Waals surface area (Å²) in [6.07, 6.45) is 1.44. The summed E-state index contributed by atoms with van der Waals surface area (Å²) in [6, 6.07) is 13.2. The van der Waals surface area contributed by atoms with Gasteiger partial charge >= 0.3 is 0 Å². The highest BCUT2D eigenvalue weighted by Crippen LogP contribution is 2.20. The number of anilines is 3. The fourth-order valence-electron chi connectivity index (χ4n) is 2.10. The number of nitrogens with zero attached hydrogens (tertiary/aromatic N) is 1. The molecule has 0 unspecified atom stereocenters. The molecule has 1 amide bonds. The number of benzene rings is 2. The lowest BCUT2D eigenvalue weighted by Crippen LogP contribution is -2.13. The Balaban J connectivity index is 1.75. The van der Waals surface area contributed by atoms with Crippen LogP contribution in [0.4, 0.5) is 25.8 Å². The molecule has 2 aromatic carbocycles. The third-order valence-corrected chi connectivity index (χ3v) is 3.55. The van der Waals surface area contributed by atoms with Crippen molar-refractivity contribution in [2.75, 3.05) is 10.6 Å². The SMILES string of the molecule is O=C(Nc1ccc(Cl)cc1)c1cc(Nc2ccc(F)c(F)c2)ccn1. The zero-order valence-electron chi connectivity index (χ0n) is 12.8. The van der Waals surface area contributed by atoms with Gasteiger partial charge in [0.25, 0.3) is 5.91 Å². The van der Waals surface area contributed by atoms with E-state index in [-0.39, 0.29) is 5.69 Å². The molecule has 0 saturated carbocycles. The lowest BCUT2D eigenvalue weighted by molar-refractivity contribution is 0.102. The third-order valence-electron chi connectivity index (χ3n) is 3.30. The molecule has 0 atom stereocenters. The number of carbonyl (C=O) groups excluding carboxylic acids is 1. The first kappa shape index (κ1) is 16.9. The Morgan fingerprint density at radius 3 is 2.28 bits per heavy atom. The van der Waals surface area contributed by atoms with Crippen molar-refractivity contribution in [3.63, 3.8) is 0 Å². The van der Waals surface area contributed by atoms with E-state index in [9.17, 15) is 13.6 Å². The maximum Gasteiger partial charge on any atom is 0.274 e. The molecule has 25 heavy (non-hydrogen) atoms. The van der Waals surface area contributed by atoms with Crippen LogP contribution in [0.3, 0.4) is 0 Å². The van der Waals surface area contributed by atoms with Crippen LogP contribution in [0.25, 0.3) is 0 Å². The number of hydrogen-bond donors (Lipinski definition) is 2. The number of hydrogen-bond acceptors (Lipinski definition) is 3. The second-order valence-corrected chi connectivity index (χ2v) is 5.58. The van der Waals surface area contributed by atoms with Gasteiger partial charge in [0, 0.05) is 34.3 Å². The summed E-state index contributed by atoms with van der Waals surface area (Å²) in [5.41, 5.74) is 1.62. The van der Waals surface area contributed by atoms with Gasteiger partial charge in [-0.3, -0.25) is 9.78 Å². The topological polar surface area (TPSA) is 54.0 Å². The molecule has 126 valence electrons. The van der Waals surface area contributed by atoms with Crippen molar-refractivity contribution in [3.8, 4) is 0 Å². The van der Waals surface area contributed by atoms with Crippen molar-refractivity contribution in [1.82, 2.24) is 4.98 Å². The number of nitrogens with one attached hydrogen (secondary N) is 2. The first-order valence-electron chi connectivity index (χ1n) is 7.26. The van der Waals surface area contributed by atoms with E-state index in [1.807, 2.05) is 0 Å². The maximum atomic E-state index is 13.3. The molecule has 4 nitrogen and oxygen atoms in total. The molecule has 0 aliphatic heterocycles. The summed E-state index contributed by atoms with van der Waals surface area (Å²) >= 11 is 5.80.